The van der Waals surface area contributed by atoms with Gasteiger partial charge in [-0.1, -0.05) is 0 Å². The van der Waals surface area contributed by atoms with E-state index >= 15 is 0 Å². The molecule has 0 amide bonds. The molecule has 0 radical (unpaired) electrons. The number of ether oxygens (including phenoxy) is 1. The normalized spacial score (nSPS) is 11.0. The van der Waals surface area contributed by atoms with Gasteiger partial charge in [0, 0.05) is 12.1 Å². The number of nitrogens with zero attached hydrogens (tertiary/aromatic N) is 2. The van der Waals surface area contributed by atoms with Gasteiger partial charge in [0.15, 0.2) is 12.8 Å². The van der Waals surface area contributed by atoms with Crippen LogP contribution in [0, 0.1) is 23.3 Å². The van der Waals surface area contributed by atoms with E-state index in [2.05, 4.69) is 9.98 Å². The third-order valence-electron chi connectivity index (χ3n) is 2.66. The summed E-state index contributed by atoms with van der Waals surface area (Å²) < 4.78 is 56.5. The van der Waals surface area contributed by atoms with Gasteiger partial charge in [0.25, 0.3) is 0 Å². The van der Waals surface area contributed by atoms with Crippen molar-refractivity contribution in [2.24, 2.45) is 9.98 Å². The number of halogens is 5. The minimum Gasteiger partial charge on any atom is -0.435 e. The van der Waals surface area contributed by atoms with E-state index in [0.29, 0.717) is 11.1 Å². The van der Waals surface area contributed by atoms with Gasteiger partial charge < -0.3 is 4.74 Å². The Hall–Kier alpha value is -2.41. The maximum atomic E-state index is 12.9. The van der Waals surface area contributed by atoms with Gasteiger partial charge in [-0.25, -0.2) is 17.6 Å². The third kappa shape index (κ3) is 6.78. The number of aliphatic imine (C=N–C) groups is 2. The van der Waals surface area contributed by atoms with Crippen LogP contribution in [0.5, 0.6) is 0 Å². The Morgan fingerprint density at radius 1 is 0.667 bits per heavy atom. The highest BCUT2D eigenvalue weighted by Gasteiger charge is 2.00. The van der Waals surface area contributed by atoms with Crippen LogP contribution in [0.1, 0.15) is 11.1 Å². The van der Waals surface area contributed by atoms with Crippen LogP contribution in [-0.2, 0) is 17.8 Å². The molecule has 0 spiro atoms. The molecule has 0 aliphatic carbocycles. The Morgan fingerprint density at radius 3 is 1.33 bits per heavy atom. The van der Waals surface area contributed by atoms with Crippen LogP contribution in [0.15, 0.2) is 46.4 Å². The zero-order valence-electron chi connectivity index (χ0n) is 12.3. The fraction of sp³-hybridized carbons (Fsp3) is 0.125. The van der Waals surface area contributed by atoms with Gasteiger partial charge in [0.1, 0.15) is 23.3 Å². The van der Waals surface area contributed by atoms with Crippen LogP contribution in [0.4, 0.5) is 17.6 Å². The maximum absolute atomic E-state index is 12.9. The van der Waals surface area contributed by atoms with Gasteiger partial charge in [-0.2, -0.15) is 0 Å². The van der Waals surface area contributed by atoms with Crippen molar-refractivity contribution >= 4 is 25.2 Å². The number of rotatable bonds is 6. The lowest BCUT2D eigenvalue weighted by molar-refractivity contribution is 0.574. The van der Waals surface area contributed by atoms with Crippen molar-refractivity contribution in [3.8, 4) is 0 Å². The van der Waals surface area contributed by atoms with E-state index in [4.69, 9.17) is 4.74 Å². The van der Waals surface area contributed by atoms with Gasteiger partial charge in [-0.05, 0) is 35.4 Å². The standard InChI is InChI=1S/C16H12F4N2O.ClH/c17-13-1-11(2-14(18)5-13)7-21-9-23-10-22-8-12-3-15(19)6-16(20)4-12;/h1-6,9-10H,7-8H2;1H. The van der Waals surface area contributed by atoms with Gasteiger partial charge in [0.2, 0.25) is 0 Å². The Labute approximate surface area is 142 Å². The van der Waals surface area contributed by atoms with Gasteiger partial charge >= 0.3 is 0 Å². The molecule has 0 fully saturated rings. The van der Waals surface area contributed by atoms with Crippen LogP contribution in [0.25, 0.3) is 0 Å². The highest BCUT2D eigenvalue weighted by atomic mass is 35.5. The second-order valence-electron chi connectivity index (χ2n) is 4.58. The average Bonchev–Trinajstić information content (AvgIpc) is 2.44. The second-order valence-corrected chi connectivity index (χ2v) is 4.58. The molecule has 8 heteroatoms. The first-order valence-corrected chi connectivity index (χ1v) is 6.55. The van der Waals surface area contributed by atoms with Crippen molar-refractivity contribution in [3.05, 3.63) is 70.8 Å². The van der Waals surface area contributed by atoms with E-state index < -0.39 is 23.3 Å². The average molecular weight is 361 g/mol. The largest absolute Gasteiger partial charge is 0.435 e. The molecule has 0 aliphatic heterocycles. The molecule has 0 bridgehead atoms. The van der Waals surface area contributed by atoms with E-state index in [1.165, 1.54) is 0 Å². The summed E-state index contributed by atoms with van der Waals surface area (Å²) in [5.41, 5.74) is 0.712. The minimum absolute atomic E-state index is 0. The highest BCUT2D eigenvalue weighted by molar-refractivity contribution is 5.85. The summed E-state index contributed by atoms with van der Waals surface area (Å²) in [6, 6.07) is 6.18. The molecule has 0 unspecified atom stereocenters. The topological polar surface area (TPSA) is 34.0 Å². The summed E-state index contributed by atoms with van der Waals surface area (Å²) in [6.45, 7) is 0.0786. The fourth-order valence-corrected chi connectivity index (χ4v) is 1.80. The lowest BCUT2D eigenvalue weighted by Gasteiger charge is -1.98. The zero-order valence-corrected chi connectivity index (χ0v) is 13.1. The Morgan fingerprint density at radius 2 is 1.00 bits per heavy atom. The summed E-state index contributed by atoms with van der Waals surface area (Å²) in [7, 11) is 0. The van der Waals surface area contributed by atoms with Crippen molar-refractivity contribution in [1.29, 1.82) is 0 Å². The lowest BCUT2D eigenvalue weighted by atomic mass is 10.2. The molecule has 128 valence electrons. The smallest absolute Gasteiger partial charge is 0.178 e. The van der Waals surface area contributed by atoms with E-state index in [0.717, 1.165) is 49.2 Å². The van der Waals surface area contributed by atoms with Gasteiger partial charge in [0.05, 0.1) is 13.1 Å². The molecule has 0 aromatic heterocycles. The van der Waals surface area contributed by atoms with Crippen LogP contribution < -0.4 is 0 Å². The molecule has 0 saturated heterocycles. The summed E-state index contributed by atoms with van der Waals surface area (Å²) >= 11 is 0. The zero-order chi connectivity index (χ0) is 16.7. The van der Waals surface area contributed by atoms with Crippen molar-refractivity contribution in [2.45, 2.75) is 13.1 Å². The maximum Gasteiger partial charge on any atom is 0.178 e. The molecule has 2 aromatic rings. The van der Waals surface area contributed by atoms with Crippen LogP contribution in [0.3, 0.4) is 0 Å². The van der Waals surface area contributed by atoms with E-state index in [-0.39, 0.29) is 25.5 Å². The summed E-state index contributed by atoms with van der Waals surface area (Å²) in [5.74, 6) is -2.72. The second kappa shape index (κ2) is 9.67. The molecule has 2 rings (SSSR count). The van der Waals surface area contributed by atoms with Crippen LogP contribution in [-0.4, -0.2) is 12.8 Å². The molecule has 24 heavy (non-hydrogen) atoms. The van der Waals surface area contributed by atoms with Crippen LogP contribution >= 0.6 is 12.4 Å². The van der Waals surface area contributed by atoms with Gasteiger partial charge in [-0.3, -0.25) is 9.98 Å². The first-order valence-electron chi connectivity index (χ1n) is 6.55. The fourth-order valence-electron chi connectivity index (χ4n) is 1.80. The van der Waals surface area contributed by atoms with E-state index in [1.54, 1.807) is 0 Å². The molecular formula is C16H13ClF4N2O. The molecule has 0 N–H and O–H groups in total. The van der Waals surface area contributed by atoms with E-state index in [1.807, 2.05) is 0 Å². The van der Waals surface area contributed by atoms with Crippen LogP contribution in [0.2, 0.25) is 0 Å². The molecular weight excluding hydrogens is 348 g/mol. The molecule has 0 heterocycles. The van der Waals surface area contributed by atoms with Crippen molar-refractivity contribution < 1.29 is 22.3 Å². The number of benzene rings is 2. The Kier molecular flexibility index (Phi) is 7.91. The summed E-state index contributed by atoms with van der Waals surface area (Å²) in [6.07, 6.45) is 2.11. The third-order valence-corrected chi connectivity index (χ3v) is 2.66. The molecule has 0 atom stereocenters. The van der Waals surface area contributed by atoms with Gasteiger partial charge in [-0.15, -0.1) is 12.4 Å². The molecule has 3 nitrogen and oxygen atoms in total. The SMILES string of the molecule is Cl.Fc1cc(F)cc(CN=COC=NCc2cc(F)cc(F)c2)c1. The van der Waals surface area contributed by atoms with Crippen molar-refractivity contribution in [3.63, 3.8) is 0 Å². The molecule has 0 aliphatic rings. The Bertz CT molecular complexity index is 636. The first-order chi connectivity index (χ1) is 11.0. The quantitative estimate of drug-likeness (QED) is 0.426. The molecule has 2 aromatic carbocycles. The summed E-state index contributed by atoms with van der Waals surface area (Å²) in [4.78, 5) is 7.61. The predicted molar refractivity (Wildman–Crippen MR) is 85.4 cm³/mol. The number of hydrogen-bond donors (Lipinski definition) is 0. The Balaban J connectivity index is 0.00000288. The monoisotopic (exact) mass is 360 g/mol. The minimum atomic E-state index is -0.681. The summed E-state index contributed by atoms with van der Waals surface area (Å²) in [5, 5.41) is 0. The first kappa shape index (κ1) is 19.6. The van der Waals surface area contributed by atoms with Crippen molar-refractivity contribution in [1.82, 2.24) is 0 Å². The van der Waals surface area contributed by atoms with Crippen molar-refractivity contribution in [2.75, 3.05) is 0 Å². The predicted octanol–water partition coefficient (Wildman–Crippen LogP) is 4.44. The van der Waals surface area contributed by atoms with E-state index in [9.17, 15) is 17.6 Å². The lowest BCUT2D eigenvalue weighted by Crippen LogP contribution is -1.91. The highest BCUT2D eigenvalue weighted by Crippen LogP contribution is 2.09. The molecule has 0 saturated carbocycles. The number of hydrogen-bond acceptors (Lipinski definition) is 3.